The molecule has 0 spiro atoms. The molecular weight excluding hydrogens is 390 g/mol. The average molecular weight is 430 g/mol. The fourth-order valence-electron chi connectivity index (χ4n) is 2.33. The zero-order valence-corrected chi connectivity index (χ0v) is 20.0. The number of hydrogen-bond donors (Lipinski definition) is 1. The summed E-state index contributed by atoms with van der Waals surface area (Å²) in [7, 11) is 0. The van der Waals surface area contributed by atoms with E-state index in [1.165, 1.54) is 0 Å². The predicted molar refractivity (Wildman–Crippen MR) is 113 cm³/mol. The third kappa shape index (κ3) is 15.8. The standard InChI is InChI=1S/C22H39NO7/c1-20(2,3)28-17(25)12-10-11-16(24)23-15(19(27)30-22(7,8)9)13-14-18(26)29-21(4,5)6/h15H,10-14H2,1-9H3,(H,23,24)/t15-/m0/s1. The summed E-state index contributed by atoms with van der Waals surface area (Å²) in [6, 6.07) is -0.981. The minimum atomic E-state index is -0.981. The molecule has 0 unspecified atom stereocenters. The highest BCUT2D eigenvalue weighted by Gasteiger charge is 2.28. The number of carbonyl (C=O) groups is 4. The first kappa shape index (κ1) is 27.9. The second-order valence-electron chi connectivity index (χ2n) is 10.2. The van der Waals surface area contributed by atoms with E-state index in [0.717, 1.165) is 0 Å². The fourth-order valence-corrected chi connectivity index (χ4v) is 2.33. The molecule has 174 valence electrons. The zero-order valence-electron chi connectivity index (χ0n) is 20.0. The van der Waals surface area contributed by atoms with Crippen LogP contribution in [0.2, 0.25) is 0 Å². The van der Waals surface area contributed by atoms with Crippen molar-refractivity contribution in [1.82, 2.24) is 5.32 Å². The molecule has 0 aromatic carbocycles. The van der Waals surface area contributed by atoms with Crippen LogP contribution in [-0.2, 0) is 33.4 Å². The Morgan fingerprint density at radius 1 is 0.667 bits per heavy atom. The predicted octanol–water partition coefficient (Wildman–Crippen LogP) is 3.45. The number of carbonyl (C=O) groups excluding carboxylic acids is 4. The van der Waals surface area contributed by atoms with Gasteiger partial charge in [0.15, 0.2) is 0 Å². The molecule has 8 nitrogen and oxygen atoms in total. The van der Waals surface area contributed by atoms with Crippen LogP contribution < -0.4 is 5.32 Å². The molecule has 0 radical (unpaired) electrons. The van der Waals surface area contributed by atoms with E-state index in [1.54, 1.807) is 62.3 Å². The van der Waals surface area contributed by atoms with E-state index in [2.05, 4.69) is 5.32 Å². The lowest BCUT2D eigenvalue weighted by molar-refractivity contribution is -0.160. The van der Waals surface area contributed by atoms with Crippen LogP contribution in [0.25, 0.3) is 0 Å². The number of ether oxygens (including phenoxy) is 3. The third-order valence-corrected chi connectivity index (χ3v) is 3.29. The lowest BCUT2D eigenvalue weighted by Crippen LogP contribution is -2.44. The smallest absolute Gasteiger partial charge is 0.329 e. The molecule has 1 N–H and O–H groups in total. The van der Waals surface area contributed by atoms with Gasteiger partial charge in [0.2, 0.25) is 5.91 Å². The van der Waals surface area contributed by atoms with Gasteiger partial charge in [0.05, 0.1) is 0 Å². The Labute approximate surface area is 180 Å². The summed E-state index contributed by atoms with van der Waals surface area (Å²) < 4.78 is 15.8. The number of nitrogens with one attached hydrogen (secondary N) is 1. The van der Waals surface area contributed by atoms with E-state index in [0.29, 0.717) is 0 Å². The summed E-state index contributed by atoms with van der Waals surface area (Å²) >= 11 is 0. The van der Waals surface area contributed by atoms with Gasteiger partial charge in [0, 0.05) is 19.3 Å². The van der Waals surface area contributed by atoms with Crippen molar-refractivity contribution < 1.29 is 33.4 Å². The normalized spacial score (nSPS) is 13.2. The second kappa shape index (κ2) is 11.3. The minimum absolute atomic E-state index is 0.0423. The van der Waals surface area contributed by atoms with Gasteiger partial charge in [-0.05, 0) is 75.2 Å². The molecule has 0 heterocycles. The summed E-state index contributed by atoms with van der Waals surface area (Å²) in [4.78, 5) is 48.5. The van der Waals surface area contributed by atoms with Gasteiger partial charge < -0.3 is 19.5 Å². The molecule has 0 aromatic rings. The Kier molecular flexibility index (Phi) is 10.5. The van der Waals surface area contributed by atoms with Crippen LogP contribution in [0.5, 0.6) is 0 Å². The van der Waals surface area contributed by atoms with Crippen molar-refractivity contribution in [3.63, 3.8) is 0 Å². The maximum absolute atomic E-state index is 12.5. The molecule has 0 aromatic heterocycles. The highest BCUT2D eigenvalue weighted by atomic mass is 16.6. The lowest BCUT2D eigenvalue weighted by atomic mass is 10.1. The van der Waals surface area contributed by atoms with Gasteiger partial charge in [-0.3, -0.25) is 14.4 Å². The number of rotatable bonds is 9. The van der Waals surface area contributed by atoms with Gasteiger partial charge >= 0.3 is 17.9 Å². The molecule has 0 fully saturated rings. The van der Waals surface area contributed by atoms with E-state index in [1.807, 2.05) is 0 Å². The maximum Gasteiger partial charge on any atom is 0.329 e. The van der Waals surface area contributed by atoms with Crippen molar-refractivity contribution in [2.75, 3.05) is 0 Å². The lowest BCUT2D eigenvalue weighted by Gasteiger charge is -2.25. The molecule has 8 heteroatoms. The van der Waals surface area contributed by atoms with E-state index in [-0.39, 0.29) is 38.1 Å². The summed E-state index contributed by atoms with van der Waals surface area (Å²) in [5.41, 5.74) is -1.95. The fraction of sp³-hybridized carbons (Fsp3) is 0.818. The molecule has 1 atom stereocenters. The van der Waals surface area contributed by atoms with Gasteiger partial charge in [0.25, 0.3) is 0 Å². The Morgan fingerprint density at radius 2 is 1.10 bits per heavy atom. The van der Waals surface area contributed by atoms with Crippen molar-refractivity contribution in [3.8, 4) is 0 Å². The summed E-state index contributed by atoms with van der Waals surface area (Å²) in [6.45, 7) is 15.7. The van der Waals surface area contributed by atoms with Gasteiger partial charge in [-0.15, -0.1) is 0 Å². The van der Waals surface area contributed by atoms with Crippen LogP contribution in [0.15, 0.2) is 0 Å². The van der Waals surface area contributed by atoms with Crippen molar-refractivity contribution in [2.45, 2.75) is 117 Å². The molecule has 0 aliphatic rings. The first-order chi connectivity index (χ1) is 13.4. The van der Waals surface area contributed by atoms with Crippen molar-refractivity contribution >= 4 is 23.8 Å². The molecular formula is C22H39NO7. The highest BCUT2D eigenvalue weighted by molar-refractivity contribution is 5.85. The first-order valence-electron chi connectivity index (χ1n) is 10.3. The second-order valence-corrected chi connectivity index (χ2v) is 10.2. The minimum Gasteiger partial charge on any atom is -0.460 e. The monoisotopic (exact) mass is 429 g/mol. The van der Waals surface area contributed by atoms with Crippen LogP contribution >= 0.6 is 0 Å². The summed E-state index contributed by atoms with van der Waals surface area (Å²) in [5.74, 6) is -1.87. The van der Waals surface area contributed by atoms with E-state index < -0.39 is 40.7 Å². The number of amides is 1. The molecule has 0 saturated heterocycles. The number of hydrogen-bond acceptors (Lipinski definition) is 7. The van der Waals surface area contributed by atoms with E-state index >= 15 is 0 Å². The molecule has 0 saturated carbocycles. The molecule has 0 bridgehead atoms. The Morgan fingerprint density at radius 3 is 1.53 bits per heavy atom. The summed E-state index contributed by atoms with van der Waals surface area (Å²) in [6.07, 6.45) is 0.444. The topological polar surface area (TPSA) is 108 Å². The van der Waals surface area contributed by atoms with Crippen LogP contribution in [-0.4, -0.2) is 46.7 Å². The van der Waals surface area contributed by atoms with Gasteiger partial charge in [-0.1, -0.05) is 0 Å². The van der Waals surface area contributed by atoms with Crippen LogP contribution in [0.1, 0.15) is 94.4 Å². The highest BCUT2D eigenvalue weighted by Crippen LogP contribution is 2.14. The Hall–Kier alpha value is -2.12. The Bertz CT molecular complexity index is 606. The largest absolute Gasteiger partial charge is 0.460 e. The van der Waals surface area contributed by atoms with Gasteiger partial charge in [-0.25, -0.2) is 4.79 Å². The molecule has 0 rings (SSSR count). The van der Waals surface area contributed by atoms with Crippen LogP contribution in [0.3, 0.4) is 0 Å². The molecule has 0 aliphatic heterocycles. The SMILES string of the molecule is CC(C)(C)OC(=O)CCCC(=O)N[C@@H](CCC(=O)OC(C)(C)C)C(=O)OC(C)(C)C. The zero-order chi connectivity index (χ0) is 23.8. The quantitative estimate of drug-likeness (QED) is 0.442. The summed E-state index contributed by atoms with van der Waals surface area (Å²) in [5, 5.41) is 2.61. The first-order valence-corrected chi connectivity index (χ1v) is 10.3. The average Bonchev–Trinajstić information content (AvgIpc) is 2.45. The molecule has 0 aliphatic carbocycles. The van der Waals surface area contributed by atoms with Crippen LogP contribution in [0.4, 0.5) is 0 Å². The van der Waals surface area contributed by atoms with Crippen LogP contribution in [0, 0.1) is 0 Å². The molecule has 30 heavy (non-hydrogen) atoms. The van der Waals surface area contributed by atoms with Gasteiger partial charge in [-0.2, -0.15) is 0 Å². The van der Waals surface area contributed by atoms with E-state index in [4.69, 9.17) is 14.2 Å². The Balaban J connectivity index is 4.79. The van der Waals surface area contributed by atoms with Crippen molar-refractivity contribution in [1.29, 1.82) is 0 Å². The van der Waals surface area contributed by atoms with Crippen molar-refractivity contribution in [3.05, 3.63) is 0 Å². The van der Waals surface area contributed by atoms with Crippen molar-refractivity contribution in [2.24, 2.45) is 0 Å². The van der Waals surface area contributed by atoms with E-state index in [9.17, 15) is 19.2 Å². The third-order valence-electron chi connectivity index (χ3n) is 3.29. The number of esters is 3. The maximum atomic E-state index is 12.5. The van der Waals surface area contributed by atoms with Gasteiger partial charge in [0.1, 0.15) is 22.8 Å². The molecule has 1 amide bonds.